The first-order valence-corrected chi connectivity index (χ1v) is 7.78. The molecule has 25 heavy (non-hydrogen) atoms. The van der Waals surface area contributed by atoms with Crippen LogP contribution in [0.3, 0.4) is 0 Å². The van der Waals surface area contributed by atoms with Gasteiger partial charge < -0.3 is 5.32 Å². The van der Waals surface area contributed by atoms with Gasteiger partial charge in [-0.05, 0) is 36.6 Å². The summed E-state index contributed by atoms with van der Waals surface area (Å²) in [7, 11) is 0. The second-order valence-corrected chi connectivity index (χ2v) is 5.68. The van der Waals surface area contributed by atoms with E-state index in [9.17, 15) is 18.0 Å². The molecular formula is C18H16F3N3O. The number of anilines is 1. The van der Waals surface area contributed by atoms with Crippen LogP contribution < -0.4 is 10.7 Å². The molecule has 0 saturated heterocycles. The third kappa shape index (κ3) is 4.17. The van der Waals surface area contributed by atoms with Crippen LogP contribution in [0.1, 0.15) is 23.1 Å². The highest BCUT2D eigenvalue weighted by Crippen LogP contribution is 2.30. The van der Waals surface area contributed by atoms with Gasteiger partial charge in [-0.25, -0.2) is 5.43 Å². The SMILES string of the molecule is O=C(CNc1cccc(C(F)(F)F)c1)N/N=C1/CCc2ccccc21. The maximum atomic E-state index is 12.7. The van der Waals surface area contributed by atoms with Crippen molar-refractivity contribution in [3.63, 3.8) is 0 Å². The second kappa shape index (κ2) is 6.96. The molecule has 4 nitrogen and oxygen atoms in total. The van der Waals surface area contributed by atoms with Gasteiger partial charge in [0.1, 0.15) is 0 Å². The first kappa shape index (κ1) is 17.0. The Labute approximate surface area is 142 Å². The molecule has 0 spiro atoms. The van der Waals surface area contributed by atoms with Crippen molar-refractivity contribution in [3.05, 3.63) is 65.2 Å². The standard InChI is InChI=1S/C18H16F3N3O/c19-18(20,21)13-5-3-6-14(10-13)22-11-17(25)24-23-16-9-8-12-4-1-2-7-15(12)16/h1-7,10,22H,8-9,11H2,(H,24,25)/b23-16-. The monoisotopic (exact) mass is 347 g/mol. The van der Waals surface area contributed by atoms with E-state index in [4.69, 9.17) is 0 Å². The Hall–Kier alpha value is -2.83. The van der Waals surface area contributed by atoms with Crippen LogP contribution in [0, 0.1) is 0 Å². The predicted molar refractivity (Wildman–Crippen MR) is 89.4 cm³/mol. The molecule has 0 unspecified atom stereocenters. The fourth-order valence-electron chi connectivity index (χ4n) is 2.68. The van der Waals surface area contributed by atoms with E-state index in [1.54, 1.807) is 0 Å². The molecule has 130 valence electrons. The normalized spacial score (nSPS) is 15.1. The molecule has 1 aliphatic carbocycles. The Bertz CT molecular complexity index is 815. The van der Waals surface area contributed by atoms with E-state index in [0.717, 1.165) is 36.2 Å². The highest BCUT2D eigenvalue weighted by atomic mass is 19.4. The van der Waals surface area contributed by atoms with Gasteiger partial charge in [0.2, 0.25) is 0 Å². The lowest BCUT2D eigenvalue weighted by Crippen LogP contribution is -2.27. The van der Waals surface area contributed by atoms with E-state index < -0.39 is 17.6 Å². The Kier molecular flexibility index (Phi) is 4.74. The lowest BCUT2D eigenvalue weighted by molar-refractivity contribution is -0.137. The van der Waals surface area contributed by atoms with Gasteiger partial charge in [-0.2, -0.15) is 18.3 Å². The summed E-state index contributed by atoms with van der Waals surface area (Å²) < 4.78 is 38.0. The molecule has 1 aliphatic rings. The lowest BCUT2D eigenvalue weighted by Gasteiger charge is -2.10. The molecule has 7 heteroatoms. The third-order valence-corrected chi connectivity index (χ3v) is 3.92. The summed E-state index contributed by atoms with van der Waals surface area (Å²) in [6, 6.07) is 12.6. The summed E-state index contributed by atoms with van der Waals surface area (Å²) >= 11 is 0. The molecule has 2 aromatic rings. The first-order valence-electron chi connectivity index (χ1n) is 7.78. The molecule has 0 aromatic heterocycles. The highest BCUT2D eigenvalue weighted by Gasteiger charge is 2.30. The van der Waals surface area contributed by atoms with Crippen LogP contribution in [0.4, 0.5) is 18.9 Å². The minimum Gasteiger partial charge on any atom is -0.376 e. The summed E-state index contributed by atoms with van der Waals surface area (Å²) in [5.41, 5.74) is 4.93. The zero-order valence-electron chi connectivity index (χ0n) is 13.2. The van der Waals surface area contributed by atoms with Crippen LogP contribution >= 0.6 is 0 Å². The molecule has 3 rings (SSSR count). The Morgan fingerprint density at radius 3 is 2.68 bits per heavy atom. The van der Waals surface area contributed by atoms with Crippen LogP contribution in [0.5, 0.6) is 0 Å². The number of halogens is 3. The molecule has 0 saturated carbocycles. The van der Waals surface area contributed by atoms with Crippen LogP contribution in [0.2, 0.25) is 0 Å². The summed E-state index contributed by atoms with van der Waals surface area (Å²) in [6.45, 7) is -0.167. The van der Waals surface area contributed by atoms with E-state index in [2.05, 4.69) is 15.8 Å². The van der Waals surface area contributed by atoms with E-state index >= 15 is 0 Å². The number of hydrazone groups is 1. The third-order valence-electron chi connectivity index (χ3n) is 3.92. The van der Waals surface area contributed by atoms with Crippen LogP contribution in [0.25, 0.3) is 0 Å². The van der Waals surface area contributed by atoms with Crippen molar-refractivity contribution in [2.45, 2.75) is 19.0 Å². The number of nitrogens with zero attached hydrogens (tertiary/aromatic N) is 1. The van der Waals surface area contributed by atoms with Gasteiger partial charge in [0, 0.05) is 11.3 Å². The molecule has 0 radical (unpaired) electrons. The topological polar surface area (TPSA) is 53.5 Å². The quantitative estimate of drug-likeness (QED) is 0.831. The Balaban J connectivity index is 1.57. The van der Waals surface area contributed by atoms with E-state index in [1.807, 2.05) is 24.3 Å². The van der Waals surface area contributed by atoms with Crippen molar-refractivity contribution in [3.8, 4) is 0 Å². The number of hydrogen-bond donors (Lipinski definition) is 2. The number of aryl methyl sites for hydroxylation is 1. The number of carbonyl (C=O) groups is 1. The van der Waals surface area contributed by atoms with Crippen molar-refractivity contribution < 1.29 is 18.0 Å². The zero-order chi connectivity index (χ0) is 17.9. The van der Waals surface area contributed by atoms with E-state index in [-0.39, 0.29) is 12.2 Å². The Morgan fingerprint density at radius 2 is 1.88 bits per heavy atom. The van der Waals surface area contributed by atoms with Gasteiger partial charge in [0.15, 0.2) is 0 Å². The minimum atomic E-state index is -4.41. The van der Waals surface area contributed by atoms with E-state index in [0.29, 0.717) is 0 Å². The van der Waals surface area contributed by atoms with Gasteiger partial charge in [0.05, 0.1) is 17.8 Å². The van der Waals surface area contributed by atoms with Crippen LogP contribution in [-0.2, 0) is 17.4 Å². The summed E-state index contributed by atoms with van der Waals surface area (Å²) in [4.78, 5) is 11.9. The van der Waals surface area contributed by atoms with Crippen molar-refractivity contribution in [1.82, 2.24) is 5.43 Å². The highest BCUT2D eigenvalue weighted by molar-refractivity contribution is 6.04. The summed E-state index contributed by atoms with van der Waals surface area (Å²) in [5.74, 6) is -0.422. The van der Waals surface area contributed by atoms with Crippen molar-refractivity contribution in [2.75, 3.05) is 11.9 Å². The minimum absolute atomic E-state index is 0.167. The largest absolute Gasteiger partial charge is 0.416 e. The molecule has 0 bridgehead atoms. The summed E-state index contributed by atoms with van der Waals surface area (Å²) in [5, 5.41) is 6.80. The fraction of sp³-hybridized carbons (Fsp3) is 0.222. The van der Waals surface area contributed by atoms with Crippen LogP contribution in [-0.4, -0.2) is 18.2 Å². The molecule has 0 aliphatic heterocycles. The van der Waals surface area contributed by atoms with Gasteiger partial charge in [-0.15, -0.1) is 0 Å². The molecule has 0 heterocycles. The number of amides is 1. The molecule has 0 atom stereocenters. The Morgan fingerprint density at radius 1 is 1.08 bits per heavy atom. The lowest BCUT2D eigenvalue weighted by atomic mass is 10.1. The maximum Gasteiger partial charge on any atom is 0.416 e. The maximum absolute atomic E-state index is 12.7. The fourth-order valence-corrected chi connectivity index (χ4v) is 2.68. The second-order valence-electron chi connectivity index (χ2n) is 5.68. The number of rotatable bonds is 4. The predicted octanol–water partition coefficient (Wildman–Crippen LogP) is 3.58. The molecule has 2 N–H and O–H groups in total. The van der Waals surface area contributed by atoms with Gasteiger partial charge >= 0.3 is 6.18 Å². The van der Waals surface area contributed by atoms with E-state index in [1.165, 1.54) is 17.7 Å². The van der Waals surface area contributed by atoms with Crippen molar-refractivity contribution in [2.24, 2.45) is 5.10 Å². The number of fused-ring (bicyclic) bond motifs is 1. The molecule has 2 aromatic carbocycles. The zero-order valence-corrected chi connectivity index (χ0v) is 13.2. The van der Waals surface area contributed by atoms with Crippen molar-refractivity contribution in [1.29, 1.82) is 0 Å². The smallest absolute Gasteiger partial charge is 0.376 e. The van der Waals surface area contributed by atoms with Crippen LogP contribution in [0.15, 0.2) is 53.6 Å². The summed E-state index contributed by atoms with van der Waals surface area (Å²) in [6.07, 6.45) is -2.78. The number of alkyl halides is 3. The number of nitrogens with one attached hydrogen (secondary N) is 2. The van der Waals surface area contributed by atoms with Gasteiger partial charge in [0.25, 0.3) is 5.91 Å². The van der Waals surface area contributed by atoms with Gasteiger partial charge in [-0.3, -0.25) is 4.79 Å². The molecule has 1 amide bonds. The number of hydrogen-bond acceptors (Lipinski definition) is 3. The number of benzene rings is 2. The average molecular weight is 347 g/mol. The average Bonchev–Trinajstić information content (AvgIpc) is 3.01. The number of carbonyl (C=O) groups excluding carboxylic acids is 1. The molecular weight excluding hydrogens is 331 g/mol. The molecule has 0 fully saturated rings. The first-order chi connectivity index (χ1) is 11.9. The van der Waals surface area contributed by atoms with Gasteiger partial charge in [-0.1, -0.05) is 30.3 Å². The van der Waals surface area contributed by atoms with Crippen molar-refractivity contribution >= 4 is 17.3 Å².